The van der Waals surface area contributed by atoms with E-state index in [9.17, 15) is 4.79 Å². The van der Waals surface area contributed by atoms with Gasteiger partial charge in [0.2, 0.25) is 5.91 Å². The summed E-state index contributed by atoms with van der Waals surface area (Å²) in [5.41, 5.74) is 6.72. The predicted octanol–water partition coefficient (Wildman–Crippen LogP) is 4.74. The maximum Gasteiger partial charge on any atom is 0.221 e. The molecular formula is C24H25N5O. The van der Waals surface area contributed by atoms with Crippen LogP contribution in [-0.4, -0.2) is 21.1 Å². The second kappa shape index (κ2) is 8.47. The molecule has 0 aliphatic rings. The van der Waals surface area contributed by atoms with E-state index in [2.05, 4.69) is 50.9 Å². The molecule has 6 heteroatoms. The molecule has 2 heterocycles. The van der Waals surface area contributed by atoms with Crippen molar-refractivity contribution >= 4 is 22.5 Å². The maximum absolute atomic E-state index is 11.8. The van der Waals surface area contributed by atoms with Gasteiger partial charge in [-0.25, -0.2) is 0 Å². The van der Waals surface area contributed by atoms with Crippen LogP contribution in [0.25, 0.3) is 22.2 Å². The van der Waals surface area contributed by atoms with E-state index in [-0.39, 0.29) is 11.9 Å². The van der Waals surface area contributed by atoms with Crippen molar-refractivity contribution in [1.29, 1.82) is 0 Å². The van der Waals surface area contributed by atoms with Crippen LogP contribution in [0.1, 0.15) is 36.7 Å². The molecule has 0 saturated carbocycles. The Bertz CT molecular complexity index is 1180. The third-order valence-corrected chi connectivity index (χ3v) is 5.17. The SMILES string of the molecule is CC(=O)Nc1cc2[nH]nc(-c3ccnc(C)c3)c2cc1CN[C@H](C)c1ccccc1. The van der Waals surface area contributed by atoms with Gasteiger partial charge in [-0.2, -0.15) is 5.10 Å². The van der Waals surface area contributed by atoms with E-state index >= 15 is 0 Å². The van der Waals surface area contributed by atoms with Crippen molar-refractivity contribution < 1.29 is 4.79 Å². The number of aromatic nitrogens is 3. The van der Waals surface area contributed by atoms with Crippen molar-refractivity contribution in [2.45, 2.75) is 33.4 Å². The molecule has 0 aliphatic heterocycles. The summed E-state index contributed by atoms with van der Waals surface area (Å²) in [6.45, 7) is 6.23. The van der Waals surface area contributed by atoms with Crippen molar-refractivity contribution in [3.8, 4) is 11.3 Å². The van der Waals surface area contributed by atoms with Gasteiger partial charge in [0.15, 0.2) is 0 Å². The number of hydrogen-bond donors (Lipinski definition) is 3. The lowest BCUT2D eigenvalue weighted by Crippen LogP contribution is -2.19. The summed E-state index contributed by atoms with van der Waals surface area (Å²) in [4.78, 5) is 16.0. The van der Waals surface area contributed by atoms with E-state index in [0.29, 0.717) is 6.54 Å². The van der Waals surface area contributed by atoms with Crippen LogP contribution in [0.3, 0.4) is 0 Å². The smallest absolute Gasteiger partial charge is 0.221 e. The van der Waals surface area contributed by atoms with Crippen LogP contribution in [0.15, 0.2) is 60.8 Å². The van der Waals surface area contributed by atoms with Crippen molar-refractivity contribution in [2.75, 3.05) is 5.32 Å². The fraction of sp³-hybridized carbons (Fsp3) is 0.208. The second-order valence-corrected chi connectivity index (χ2v) is 7.51. The molecule has 152 valence electrons. The van der Waals surface area contributed by atoms with E-state index in [1.165, 1.54) is 12.5 Å². The fourth-order valence-electron chi connectivity index (χ4n) is 3.60. The molecular weight excluding hydrogens is 374 g/mol. The number of aryl methyl sites for hydroxylation is 1. The first-order chi connectivity index (χ1) is 14.5. The van der Waals surface area contributed by atoms with Gasteiger partial charge >= 0.3 is 0 Å². The topological polar surface area (TPSA) is 82.7 Å². The number of carbonyl (C=O) groups excluding carboxylic acids is 1. The van der Waals surface area contributed by atoms with Gasteiger partial charge in [0.05, 0.1) is 5.52 Å². The van der Waals surface area contributed by atoms with Crippen LogP contribution in [0.2, 0.25) is 0 Å². The van der Waals surface area contributed by atoms with Gasteiger partial charge in [-0.3, -0.25) is 14.9 Å². The first-order valence-electron chi connectivity index (χ1n) is 10.0. The van der Waals surface area contributed by atoms with E-state index in [1.54, 1.807) is 6.20 Å². The first kappa shape index (κ1) is 19.8. The Balaban J connectivity index is 1.70. The van der Waals surface area contributed by atoms with Crippen LogP contribution in [-0.2, 0) is 11.3 Å². The predicted molar refractivity (Wildman–Crippen MR) is 120 cm³/mol. The number of H-pyrrole nitrogens is 1. The van der Waals surface area contributed by atoms with Gasteiger partial charge in [-0.05, 0) is 49.2 Å². The van der Waals surface area contributed by atoms with Gasteiger partial charge in [0, 0.05) is 48.0 Å². The van der Waals surface area contributed by atoms with E-state index < -0.39 is 0 Å². The number of anilines is 1. The van der Waals surface area contributed by atoms with Gasteiger partial charge < -0.3 is 10.6 Å². The molecule has 1 atom stereocenters. The molecule has 1 amide bonds. The second-order valence-electron chi connectivity index (χ2n) is 7.51. The summed E-state index contributed by atoms with van der Waals surface area (Å²) >= 11 is 0. The highest BCUT2D eigenvalue weighted by Gasteiger charge is 2.14. The summed E-state index contributed by atoms with van der Waals surface area (Å²) in [7, 11) is 0. The van der Waals surface area contributed by atoms with Crippen molar-refractivity contribution in [3.63, 3.8) is 0 Å². The lowest BCUT2D eigenvalue weighted by atomic mass is 10.0. The third-order valence-electron chi connectivity index (χ3n) is 5.17. The third kappa shape index (κ3) is 4.23. The van der Waals surface area contributed by atoms with Gasteiger partial charge in [0.25, 0.3) is 0 Å². The number of fused-ring (bicyclic) bond motifs is 1. The number of hydrogen-bond acceptors (Lipinski definition) is 4. The van der Waals surface area contributed by atoms with E-state index in [0.717, 1.165) is 39.1 Å². The zero-order valence-corrected chi connectivity index (χ0v) is 17.4. The molecule has 2 aromatic heterocycles. The zero-order chi connectivity index (χ0) is 21.1. The molecule has 0 fully saturated rings. The molecule has 4 rings (SSSR count). The number of carbonyl (C=O) groups is 1. The summed E-state index contributed by atoms with van der Waals surface area (Å²) in [6.07, 6.45) is 1.79. The normalized spacial score (nSPS) is 12.1. The van der Waals surface area contributed by atoms with Gasteiger partial charge in [-0.15, -0.1) is 0 Å². The van der Waals surface area contributed by atoms with Gasteiger partial charge in [0.1, 0.15) is 5.69 Å². The molecule has 0 aliphatic carbocycles. The Morgan fingerprint density at radius 2 is 1.93 bits per heavy atom. The standard InChI is InChI=1S/C24H25N5O/c1-15-11-19(9-10-25-15)24-21-12-20(14-26-16(2)18-7-5-4-6-8-18)22(27-17(3)30)13-23(21)28-29-24/h4-13,16,26H,14H2,1-3H3,(H,27,30)(H,28,29)/t16-/m1/s1. The Morgan fingerprint density at radius 3 is 2.67 bits per heavy atom. The highest BCUT2D eigenvalue weighted by Crippen LogP contribution is 2.31. The Hall–Kier alpha value is -3.51. The number of benzene rings is 2. The lowest BCUT2D eigenvalue weighted by Gasteiger charge is -2.17. The summed E-state index contributed by atoms with van der Waals surface area (Å²) in [5, 5.41) is 15.1. The van der Waals surface area contributed by atoms with Crippen LogP contribution in [0.4, 0.5) is 5.69 Å². The number of aromatic amines is 1. The highest BCUT2D eigenvalue weighted by molar-refractivity contribution is 5.98. The van der Waals surface area contributed by atoms with Crippen LogP contribution in [0, 0.1) is 6.92 Å². The summed E-state index contributed by atoms with van der Waals surface area (Å²) in [5.74, 6) is -0.101. The molecule has 0 spiro atoms. The van der Waals surface area contributed by atoms with Crippen molar-refractivity contribution in [1.82, 2.24) is 20.5 Å². The lowest BCUT2D eigenvalue weighted by molar-refractivity contribution is -0.114. The van der Waals surface area contributed by atoms with Crippen LogP contribution >= 0.6 is 0 Å². The number of pyridine rings is 1. The van der Waals surface area contributed by atoms with Crippen LogP contribution < -0.4 is 10.6 Å². The first-order valence-corrected chi connectivity index (χ1v) is 10.0. The Labute approximate surface area is 175 Å². The van der Waals surface area contributed by atoms with E-state index in [4.69, 9.17) is 0 Å². The average Bonchev–Trinajstić information content (AvgIpc) is 3.14. The molecule has 0 saturated heterocycles. The molecule has 6 nitrogen and oxygen atoms in total. The van der Waals surface area contributed by atoms with Gasteiger partial charge in [-0.1, -0.05) is 30.3 Å². The Kier molecular flexibility index (Phi) is 5.59. The summed E-state index contributed by atoms with van der Waals surface area (Å²) < 4.78 is 0. The van der Waals surface area contributed by atoms with Crippen molar-refractivity contribution in [2.24, 2.45) is 0 Å². The van der Waals surface area contributed by atoms with Crippen LogP contribution in [0.5, 0.6) is 0 Å². The molecule has 0 radical (unpaired) electrons. The summed E-state index contributed by atoms with van der Waals surface area (Å²) in [6, 6.07) is 18.5. The molecule has 0 unspecified atom stereocenters. The molecule has 4 aromatic rings. The largest absolute Gasteiger partial charge is 0.326 e. The minimum Gasteiger partial charge on any atom is -0.326 e. The maximum atomic E-state index is 11.8. The minimum absolute atomic E-state index is 0.101. The minimum atomic E-state index is -0.101. The quantitative estimate of drug-likeness (QED) is 0.437. The monoisotopic (exact) mass is 399 g/mol. The van der Waals surface area contributed by atoms with Crippen molar-refractivity contribution in [3.05, 3.63) is 77.6 Å². The molecule has 3 N–H and O–H groups in total. The molecule has 30 heavy (non-hydrogen) atoms. The fourth-order valence-corrected chi connectivity index (χ4v) is 3.60. The number of nitrogens with zero attached hydrogens (tertiary/aromatic N) is 2. The number of amides is 1. The average molecular weight is 399 g/mol. The molecule has 2 aromatic carbocycles. The Morgan fingerprint density at radius 1 is 1.13 bits per heavy atom. The number of rotatable bonds is 6. The van der Waals surface area contributed by atoms with E-state index in [1.807, 2.05) is 43.3 Å². The highest BCUT2D eigenvalue weighted by atomic mass is 16.1. The zero-order valence-electron chi connectivity index (χ0n) is 17.4. The number of nitrogens with one attached hydrogen (secondary N) is 3. The molecule has 0 bridgehead atoms.